The molecule has 0 radical (unpaired) electrons. The summed E-state index contributed by atoms with van der Waals surface area (Å²) in [4.78, 5) is 50.6. The molecule has 14 heteroatoms. The highest BCUT2D eigenvalue weighted by Crippen LogP contribution is 2.15. The molecule has 0 bridgehead atoms. The van der Waals surface area contributed by atoms with Crippen molar-refractivity contribution in [2.24, 2.45) is 5.73 Å². The van der Waals surface area contributed by atoms with E-state index >= 15 is 0 Å². The molecule has 0 aliphatic carbocycles. The molecule has 3 atom stereocenters. The van der Waals surface area contributed by atoms with Crippen molar-refractivity contribution in [1.29, 1.82) is 0 Å². The summed E-state index contributed by atoms with van der Waals surface area (Å²) < 4.78 is 23.3. The van der Waals surface area contributed by atoms with E-state index in [-0.39, 0.29) is 24.7 Å². The molecule has 2 aromatic carbocycles. The third kappa shape index (κ3) is 15.2. The van der Waals surface area contributed by atoms with Crippen LogP contribution in [0.15, 0.2) is 54.6 Å². The van der Waals surface area contributed by atoms with Crippen LogP contribution in [-0.2, 0) is 32.1 Å². The number of likely N-dealkylation sites (N-methyl/N-ethyl adjacent to an activating group) is 1. The van der Waals surface area contributed by atoms with Crippen molar-refractivity contribution in [3.63, 3.8) is 0 Å². The first-order valence-corrected chi connectivity index (χ1v) is 15.6. The Morgan fingerprint density at radius 1 is 0.933 bits per heavy atom. The van der Waals surface area contributed by atoms with Gasteiger partial charge in [0.05, 0.1) is 12.6 Å². The van der Waals surface area contributed by atoms with Crippen LogP contribution in [-0.4, -0.2) is 65.5 Å². The van der Waals surface area contributed by atoms with Gasteiger partial charge in [-0.25, -0.2) is 13.9 Å². The number of hydrazine groups is 1. The van der Waals surface area contributed by atoms with E-state index in [1.54, 1.807) is 39.8 Å². The van der Waals surface area contributed by atoms with E-state index in [9.17, 15) is 23.6 Å². The second kappa shape index (κ2) is 18.9. The topological polar surface area (TPSA) is 167 Å². The zero-order chi connectivity index (χ0) is 33.4. The molecule has 7 N–H and O–H groups in total. The highest BCUT2D eigenvalue weighted by molar-refractivity contribution is 7.95. The molecule has 0 aliphatic rings. The van der Waals surface area contributed by atoms with Crippen molar-refractivity contribution in [1.82, 2.24) is 30.5 Å². The number of carbonyl (C=O) groups is 4. The molecule has 2 aromatic rings. The van der Waals surface area contributed by atoms with Crippen LogP contribution in [0.25, 0.3) is 0 Å². The van der Waals surface area contributed by atoms with Crippen molar-refractivity contribution in [3.05, 3.63) is 71.5 Å². The molecular formula is C31H46FN7O5S. The van der Waals surface area contributed by atoms with Crippen LogP contribution in [0, 0.1) is 5.82 Å². The molecule has 2 rings (SSSR count). The highest BCUT2D eigenvalue weighted by Gasteiger charge is 2.27. The summed E-state index contributed by atoms with van der Waals surface area (Å²) in [6, 6.07) is 12.7. The number of halogens is 1. The van der Waals surface area contributed by atoms with Crippen LogP contribution in [0.2, 0.25) is 0 Å². The summed E-state index contributed by atoms with van der Waals surface area (Å²) in [5.41, 5.74) is 9.44. The van der Waals surface area contributed by atoms with Crippen molar-refractivity contribution >= 4 is 35.9 Å². The van der Waals surface area contributed by atoms with Crippen LogP contribution >= 0.6 is 12.1 Å². The Morgan fingerprint density at radius 3 is 2.20 bits per heavy atom. The summed E-state index contributed by atoms with van der Waals surface area (Å²) in [5.74, 6) is -1.61. The van der Waals surface area contributed by atoms with E-state index in [2.05, 4.69) is 26.1 Å². The zero-order valence-electron chi connectivity index (χ0n) is 26.5. The maximum atomic E-state index is 13.6. The number of unbranched alkanes of at least 4 members (excludes halogenated alkanes) is 1. The number of amides is 4. The van der Waals surface area contributed by atoms with E-state index in [1.165, 1.54) is 23.6 Å². The number of carbonyl (C=O) groups excluding carboxylic acids is 4. The molecular weight excluding hydrogens is 601 g/mol. The lowest BCUT2D eigenvalue weighted by molar-refractivity contribution is -0.129. The van der Waals surface area contributed by atoms with Gasteiger partial charge in [-0.15, -0.1) is 4.41 Å². The van der Waals surface area contributed by atoms with Gasteiger partial charge in [-0.2, -0.15) is 0 Å². The standard InChI is InChI=1S/C31H46FN7O5S/c1-21(33)27(40)37-39(20-23-14-16-24(32)17-15-23)45-38-26(19-22-11-7-6-8-12-22)29(42)36-25(28(41)34-5)13-9-10-18-35-30(43)44-31(2,3)4/h6-8,11-12,14-17,21,25-26,38H,9-10,13,18-20,33H2,1-5H3,(H,34,41)(H,35,43)(H,36,42)(H,37,40)/t21-,25-,26+/m0/s1. The maximum absolute atomic E-state index is 13.6. The highest BCUT2D eigenvalue weighted by atomic mass is 32.2. The van der Waals surface area contributed by atoms with E-state index in [1.807, 2.05) is 30.3 Å². The fraction of sp³-hybridized carbons (Fsp3) is 0.484. The fourth-order valence-corrected chi connectivity index (χ4v) is 4.73. The minimum absolute atomic E-state index is 0.175. The third-order valence-corrected chi connectivity index (χ3v) is 7.09. The predicted molar refractivity (Wildman–Crippen MR) is 172 cm³/mol. The Balaban J connectivity index is 2.11. The second-order valence-corrected chi connectivity index (χ2v) is 12.3. The number of alkyl carbamates (subject to hydrolysis) is 1. The van der Waals surface area contributed by atoms with Crippen LogP contribution in [0.1, 0.15) is 58.1 Å². The zero-order valence-corrected chi connectivity index (χ0v) is 27.3. The van der Waals surface area contributed by atoms with Gasteiger partial charge < -0.3 is 26.4 Å². The number of hydrogen-bond donors (Lipinski definition) is 6. The average Bonchev–Trinajstić information content (AvgIpc) is 2.98. The molecule has 0 heterocycles. The minimum Gasteiger partial charge on any atom is -0.444 e. The number of nitrogens with zero attached hydrogens (tertiary/aromatic N) is 1. The quantitative estimate of drug-likeness (QED) is 0.0860. The van der Waals surface area contributed by atoms with Gasteiger partial charge in [0.15, 0.2) is 0 Å². The lowest BCUT2D eigenvalue weighted by Gasteiger charge is -2.27. The van der Waals surface area contributed by atoms with Gasteiger partial charge in [0.1, 0.15) is 23.5 Å². The molecule has 0 aromatic heterocycles. The van der Waals surface area contributed by atoms with Gasteiger partial charge >= 0.3 is 6.09 Å². The lowest BCUT2D eigenvalue weighted by atomic mass is 10.0. The number of ether oxygens (including phenoxy) is 1. The van der Waals surface area contributed by atoms with E-state index in [4.69, 9.17) is 10.5 Å². The van der Waals surface area contributed by atoms with E-state index in [0.29, 0.717) is 31.4 Å². The maximum Gasteiger partial charge on any atom is 0.407 e. The first-order chi connectivity index (χ1) is 21.3. The molecule has 0 unspecified atom stereocenters. The predicted octanol–water partition coefficient (Wildman–Crippen LogP) is 2.70. The largest absolute Gasteiger partial charge is 0.444 e. The normalized spacial score (nSPS) is 13.3. The van der Waals surface area contributed by atoms with Gasteiger partial charge in [-0.3, -0.25) is 19.8 Å². The molecule has 0 fully saturated rings. The van der Waals surface area contributed by atoms with Crippen LogP contribution in [0.5, 0.6) is 0 Å². The van der Waals surface area contributed by atoms with Gasteiger partial charge in [-0.05, 0) is 76.6 Å². The van der Waals surface area contributed by atoms with Crippen molar-refractivity contribution in [2.45, 2.75) is 83.6 Å². The summed E-state index contributed by atoms with van der Waals surface area (Å²) in [6.45, 7) is 7.41. The Hall–Kier alpha value is -3.72. The van der Waals surface area contributed by atoms with E-state index < -0.39 is 41.6 Å². The number of nitrogens with one attached hydrogen (secondary N) is 5. The summed E-state index contributed by atoms with van der Waals surface area (Å²) in [5, 5.41) is 8.13. The summed E-state index contributed by atoms with van der Waals surface area (Å²) in [7, 11) is 1.50. The van der Waals surface area contributed by atoms with E-state index in [0.717, 1.165) is 17.7 Å². The Bertz CT molecular complexity index is 1230. The molecule has 0 aliphatic heterocycles. The Labute approximate surface area is 269 Å². The van der Waals surface area contributed by atoms with Gasteiger partial charge in [0, 0.05) is 25.7 Å². The number of hydrogen-bond acceptors (Lipinski definition) is 9. The third-order valence-electron chi connectivity index (χ3n) is 6.26. The molecule has 0 saturated carbocycles. The van der Waals surface area contributed by atoms with Gasteiger partial charge in [0.2, 0.25) is 11.8 Å². The summed E-state index contributed by atoms with van der Waals surface area (Å²) in [6.07, 6.45) is 1.23. The number of rotatable bonds is 17. The smallest absolute Gasteiger partial charge is 0.407 e. The second-order valence-electron chi connectivity index (χ2n) is 11.5. The number of nitrogens with two attached hydrogens (primary N) is 1. The minimum atomic E-state index is -0.818. The summed E-state index contributed by atoms with van der Waals surface area (Å²) >= 11 is 0.983. The molecule has 0 spiro atoms. The van der Waals surface area contributed by atoms with Crippen molar-refractivity contribution < 1.29 is 28.3 Å². The fourth-order valence-electron chi connectivity index (χ4n) is 3.93. The first kappa shape index (κ1) is 37.5. The Kier molecular flexibility index (Phi) is 15.8. The molecule has 45 heavy (non-hydrogen) atoms. The first-order valence-electron chi connectivity index (χ1n) is 14.8. The van der Waals surface area contributed by atoms with Crippen molar-refractivity contribution in [3.8, 4) is 0 Å². The molecule has 12 nitrogen and oxygen atoms in total. The molecule has 4 amide bonds. The molecule has 248 valence electrons. The lowest BCUT2D eigenvalue weighted by Crippen LogP contribution is -2.53. The molecule has 0 saturated heterocycles. The number of benzene rings is 2. The van der Waals surface area contributed by atoms with Gasteiger partial charge in [-0.1, -0.05) is 42.5 Å². The average molecular weight is 648 g/mol. The monoisotopic (exact) mass is 647 g/mol. The van der Waals surface area contributed by atoms with Crippen LogP contribution in [0.4, 0.5) is 9.18 Å². The van der Waals surface area contributed by atoms with Gasteiger partial charge in [0.25, 0.3) is 5.91 Å². The Morgan fingerprint density at radius 2 is 1.60 bits per heavy atom. The van der Waals surface area contributed by atoms with Crippen LogP contribution in [0.3, 0.4) is 0 Å². The SMILES string of the molecule is CNC(=O)[C@H](CCCCNC(=O)OC(C)(C)C)NC(=O)[C@@H](Cc1ccccc1)NSN(Cc1ccc(F)cc1)NC(=O)[C@H](C)N. The van der Waals surface area contributed by atoms with Crippen molar-refractivity contribution in [2.75, 3.05) is 13.6 Å². The van der Waals surface area contributed by atoms with Crippen LogP contribution < -0.4 is 31.8 Å².